The van der Waals surface area contributed by atoms with Crippen LogP contribution in [0.3, 0.4) is 0 Å². The summed E-state index contributed by atoms with van der Waals surface area (Å²) in [4.78, 5) is 5.13. The quantitative estimate of drug-likeness (QED) is 0.699. The molecule has 0 spiro atoms. The average molecular weight is 227 g/mol. The Kier molecular flexibility index (Phi) is 5.73. The third kappa shape index (κ3) is 4.04. The fourth-order valence-electron chi connectivity index (χ4n) is 2.29. The lowest BCUT2D eigenvalue weighted by atomic mass is 10.0. The molecule has 0 aromatic rings. The summed E-state index contributed by atoms with van der Waals surface area (Å²) in [7, 11) is 0. The first-order chi connectivity index (χ1) is 7.60. The first kappa shape index (κ1) is 13.9. The minimum atomic E-state index is 0.176. The second-order valence-corrected chi connectivity index (χ2v) is 5.55. The Hall–Kier alpha value is -0.120. The van der Waals surface area contributed by atoms with Crippen molar-refractivity contribution in [1.82, 2.24) is 9.80 Å². The van der Waals surface area contributed by atoms with Crippen LogP contribution in [-0.2, 0) is 0 Å². The first-order valence-corrected chi connectivity index (χ1v) is 6.77. The van der Waals surface area contributed by atoms with Crippen LogP contribution in [0, 0.1) is 0 Å². The maximum Gasteiger partial charge on any atom is 0.0276 e. The molecule has 0 unspecified atom stereocenters. The third-order valence-electron chi connectivity index (χ3n) is 3.81. The molecular weight excluding hydrogens is 198 g/mol. The van der Waals surface area contributed by atoms with Crippen molar-refractivity contribution < 1.29 is 0 Å². The molecule has 1 saturated heterocycles. The molecule has 1 aliphatic heterocycles. The van der Waals surface area contributed by atoms with Crippen LogP contribution in [0.25, 0.3) is 0 Å². The minimum absolute atomic E-state index is 0.176. The summed E-state index contributed by atoms with van der Waals surface area (Å²) >= 11 is 0. The van der Waals surface area contributed by atoms with Gasteiger partial charge in [-0.3, -0.25) is 4.90 Å². The fraction of sp³-hybridized carbons (Fsp3) is 1.00. The van der Waals surface area contributed by atoms with E-state index in [1.807, 2.05) is 0 Å². The molecule has 0 aliphatic carbocycles. The van der Waals surface area contributed by atoms with Gasteiger partial charge in [0.05, 0.1) is 0 Å². The molecule has 0 atom stereocenters. The summed E-state index contributed by atoms with van der Waals surface area (Å²) < 4.78 is 0. The number of unbranched alkanes of at least 4 members (excludes halogenated alkanes) is 2. The molecule has 1 rings (SSSR count). The summed E-state index contributed by atoms with van der Waals surface area (Å²) in [6.07, 6.45) is 4.05. The van der Waals surface area contributed by atoms with E-state index in [4.69, 9.17) is 5.73 Å². The van der Waals surface area contributed by atoms with E-state index < -0.39 is 0 Å². The number of nitrogens with zero attached hydrogens (tertiary/aromatic N) is 2. The lowest BCUT2D eigenvalue weighted by Gasteiger charge is -2.43. The highest BCUT2D eigenvalue weighted by molar-refractivity contribution is 4.86. The highest BCUT2D eigenvalue weighted by Gasteiger charge is 2.28. The molecule has 0 aromatic carbocycles. The predicted molar refractivity (Wildman–Crippen MR) is 70.7 cm³/mol. The monoisotopic (exact) mass is 227 g/mol. The molecule has 16 heavy (non-hydrogen) atoms. The predicted octanol–water partition coefficient (Wildman–Crippen LogP) is 1.53. The molecule has 2 N–H and O–H groups in total. The van der Waals surface area contributed by atoms with Gasteiger partial charge in [-0.2, -0.15) is 0 Å². The van der Waals surface area contributed by atoms with E-state index in [9.17, 15) is 0 Å². The van der Waals surface area contributed by atoms with Crippen LogP contribution in [-0.4, -0.2) is 54.6 Å². The number of rotatable bonds is 6. The molecule has 96 valence electrons. The smallest absolute Gasteiger partial charge is 0.0276 e. The second kappa shape index (κ2) is 6.58. The van der Waals surface area contributed by atoms with E-state index in [2.05, 4.69) is 30.6 Å². The van der Waals surface area contributed by atoms with Gasteiger partial charge < -0.3 is 10.6 Å². The Labute approximate surface area is 101 Å². The van der Waals surface area contributed by atoms with Crippen LogP contribution < -0.4 is 5.73 Å². The molecule has 0 bridgehead atoms. The zero-order chi connectivity index (χ0) is 12.0. The second-order valence-electron chi connectivity index (χ2n) is 5.55. The van der Waals surface area contributed by atoms with E-state index in [0.717, 1.165) is 6.54 Å². The Morgan fingerprint density at radius 1 is 1.06 bits per heavy atom. The number of nitrogens with two attached hydrogens (primary N) is 1. The van der Waals surface area contributed by atoms with Crippen LogP contribution >= 0.6 is 0 Å². The molecule has 1 aliphatic rings. The van der Waals surface area contributed by atoms with Crippen molar-refractivity contribution in [2.24, 2.45) is 5.73 Å². The van der Waals surface area contributed by atoms with Crippen molar-refractivity contribution in [1.29, 1.82) is 0 Å². The van der Waals surface area contributed by atoms with Gasteiger partial charge in [-0.05, 0) is 26.8 Å². The van der Waals surface area contributed by atoms with Gasteiger partial charge in [-0.1, -0.05) is 19.8 Å². The first-order valence-electron chi connectivity index (χ1n) is 6.77. The van der Waals surface area contributed by atoms with Crippen molar-refractivity contribution in [2.45, 2.75) is 45.6 Å². The maximum atomic E-state index is 5.81. The Morgan fingerprint density at radius 2 is 1.69 bits per heavy atom. The molecule has 0 aromatic heterocycles. The van der Waals surface area contributed by atoms with E-state index >= 15 is 0 Å². The third-order valence-corrected chi connectivity index (χ3v) is 3.81. The summed E-state index contributed by atoms with van der Waals surface area (Å²) in [5, 5.41) is 0. The van der Waals surface area contributed by atoms with E-state index in [1.54, 1.807) is 0 Å². The topological polar surface area (TPSA) is 32.5 Å². The fourth-order valence-corrected chi connectivity index (χ4v) is 2.29. The van der Waals surface area contributed by atoms with Crippen LogP contribution in [0.5, 0.6) is 0 Å². The van der Waals surface area contributed by atoms with Gasteiger partial charge in [0.25, 0.3) is 0 Å². The van der Waals surface area contributed by atoms with Gasteiger partial charge >= 0.3 is 0 Å². The molecule has 0 radical (unpaired) electrons. The van der Waals surface area contributed by atoms with Gasteiger partial charge in [-0.25, -0.2) is 0 Å². The average Bonchev–Trinajstić information content (AvgIpc) is 2.30. The standard InChI is InChI=1S/C13H29N3/c1-4-5-6-7-15-8-10-16(11-9-15)13(2,3)12-14/h4-12,14H2,1-3H3. The summed E-state index contributed by atoms with van der Waals surface area (Å²) in [6, 6.07) is 0. The van der Waals surface area contributed by atoms with Crippen molar-refractivity contribution in [3.8, 4) is 0 Å². The number of piperazine rings is 1. The van der Waals surface area contributed by atoms with Gasteiger partial charge in [0.1, 0.15) is 0 Å². The zero-order valence-electron chi connectivity index (χ0n) is 11.3. The number of hydrogen-bond acceptors (Lipinski definition) is 3. The highest BCUT2D eigenvalue weighted by atomic mass is 15.3. The Morgan fingerprint density at radius 3 is 2.19 bits per heavy atom. The molecule has 3 nitrogen and oxygen atoms in total. The number of hydrogen-bond donors (Lipinski definition) is 1. The maximum absolute atomic E-state index is 5.81. The Bertz CT molecular complexity index is 184. The highest BCUT2D eigenvalue weighted by Crippen LogP contribution is 2.15. The van der Waals surface area contributed by atoms with Crippen LogP contribution in [0.2, 0.25) is 0 Å². The van der Waals surface area contributed by atoms with Crippen molar-refractivity contribution in [3.05, 3.63) is 0 Å². The molecule has 0 saturated carbocycles. The Balaban J connectivity index is 2.23. The summed E-state index contributed by atoms with van der Waals surface area (Å²) in [5.74, 6) is 0. The molecule has 3 heteroatoms. The van der Waals surface area contributed by atoms with E-state index in [-0.39, 0.29) is 5.54 Å². The van der Waals surface area contributed by atoms with Crippen molar-refractivity contribution in [3.63, 3.8) is 0 Å². The molecule has 1 fully saturated rings. The zero-order valence-corrected chi connectivity index (χ0v) is 11.3. The van der Waals surface area contributed by atoms with Crippen LogP contribution in [0.15, 0.2) is 0 Å². The normalized spacial score (nSPS) is 20.2. The minimum Gasteiger partial charge on any atom is -0.329 e. The van der Waals surface area contributed by atoms with E-state index in [0.29, 0.717) is 0 Å². The molecule has 1 heterocycles. The van der Waals surface area contributed by atoms with Crippen molar-refractivity contribution in [2.75, 3.05) is 39.3 Å². The van der Waals surface area contributed by atoms with Gasteiger partial charge in [0.2, 0.25) is 0 Å². The summed E-state index contributed by atoms with van der Waals surface area (Å²) in [5.41, 5.74) is 5.99. The van der Waals surface area contributed by atoms with Crippen molar-refractivity contribution >= 4 is 0 Å². The largest absolute Gasteiger partial charge is 0.329 e. The molecular formula is C13H29N3. The van der Waals surface area contributed by atoms with Gasteiger partial charge in [-0.15, -0.1) is 0 Å². The SMILES string of the molecule is CCCCCN1CCN(C(C)(C)CN)CC1. The lowest BCUT2D eigenvalue weighted by Crippen LogP contribution is -2.57. The lowest BCUT2D eigenvalue weighted by molar-refractivity contribution is 0.0562. The van der Waals surface area contributed by atoms with Gasteiger partial charge in [0.15, 0.2) is 0 Å². The van der Waals surface area contributed by atoms with E-state index in [1.165, 1.54) is 52.0 Å². The summed E-state index contributed by atoms with van der Waals surface area (Å²) in [6.45, 7) is 13.6. The van der Waals surface area contributed by atoms with Crippen LogP contribution in [0.4, 0.5) is 0 Å². The van der Waals surface area contributed by atoms with Crippen LogP contribution in [0.1, 0.15) is 40.0 Å². The molecule has 0 amide bonds. The van der Waals surface area contributed by atoms with Gasteiger partial charge in [0, 0.05) is 38.3 Å².